The van der Waals surface area contributed by atoms with Gasteiger partial charge in [0.25, 0.3) is 0 Å². The topological polar surface area (TPSA) is 26.3 Å². The number of benzene rings is 5. The fraction of sp³-hybridized carbons (Fsp3) is 0.343. The molecule has 0 heterocycles. The summed E-state index contributed by atoms with van der Waals surface area (Å²) in [6.45, 7) is 16.1. The van der Waals surface area contributed by atoms with Crippen molar-refractivity contribution in [2.75, 3.05) is 6.61 Å². The number of carbonyl (C=O) groups excluding carboxylic acids is 1. The summed E-state index contributed by atoms with van der Waals surface area (Å²) in [4.78, 5) is 11.7. The molecule has 5 aromatic carbocycles. The van der Waals surface area contributed by atoms with Crippen LogP contribution in [-0.4, -0.2) is 12.6 Å². The third-order valence-electron chi connectivity index (χ3n) is 7.55. The van der Waals surface area contributed by atoms with Crippen molar-refractivity contribution in [3.63, 3.8) is 0 Å². The summed E-state index contributed by atoms with van der Waals surface area (Å²) in [5, 5.41) is 10.5. The largest absolute Gasteiger partial charge is 0.466 e. The number of hydrogen-bond donors (Lipinski definition) is 0. The van der Waals surface area contributed by atoms with E-state index in [1.807, 2.05) is 6.92 Å². The zero-order chi connectivity index (χ0) is 26.5. The van der Waals surface area contributed by atoms with Crippen molar-refractivity contribution in [3.8, 4) is 0 Å². The third-order valence-corrected chi connectivity index (χ3v) is 7.55. The lowest BCUT2D eigenvalue weighted by atomic mass is 9.79. The molecule has 5 aromatic rings. The lowest BCUT2D eigenvalue weighted by Crippen LogP contribution is -2.12. The SMILES string of the molecule is CCOC(=O)CC/C=C/c1ccc2c3cc(C(C)(C)C)cc4cc(C(C)(C)C)cc(c5cccc1c52)c43. The van der Waals surface area contributed by atoms with Crippen molar-refractivity contribution in [2.45, 2.75) is 72.1 Å². The Kier molecular flexibility index (Phi) is 6.26. The van der Waals surface area contributed by atoms with Gasteiger partial charge in [-0.15, -0.1) is 0 Å². The van der Waals surface area contributed by atoms with Gasteiger partial charge in [-0.2, -0.15) is 0 Å². The normalized spacial score (nSPS) is 13.1. The summed E-state index contributed by atoms with van der Waals surface area (Å²) in [6.07, 6.45) is 5.33. The van der Waals surface area contributed by atoms with Gasteiger partial charge < -0.3 is 4.74 Å². The average molecular weight is 491 g/mol. The summed E-state index contributed by atoms with van der Waals surface area (Å²) < 4.78 is 5.07. The molecule has 0 radical (unpaired) electrons. The first-order valence-corrected chi connectivity index (χ1v) is 13.5. The molecule has 0 aliphatic rings. The van der Waals surface area contributed by atoms with Crippen LogP contribution in [0.2, 0.25) is 0 Å². The molecule has 0 spiro atoms. The minimum absolute atomic E-state index is 0.0558. The number of ether oxygens (including phenoxy) is 1. The van der Waals surface area contributed by atoms with E-state index in [0.717, 1.165) is 0 Å². The molecule has 0 aromatic heterocycles. The molecule has 2 heteroatoms. The number of rotatable bonds is 5. The summed E-state index contributed by atoms with van der Waals surface area (Å²) in [5.74, 6) is -0.141. The van der Waals surface area contributed by atoms with Gasteiger partial charge in [-0.05, 0) is 96.1 Å². The highest BCUT2D eigenvalue weighted by atomic mass is 16.5. The second-order valence-corrected chi connectivity index (χ2v) is 12.3. The van der Waals surface area contributed by atoms with Gasteiger partial charge in [0, 0.05) is 6.42 Å². The highest BCUT2D eigenvalue weighted by Gasteiger charge is 2.22. The maximum absolute atomic E-state index is 11.7. The number of fused-ring (bicyclic) bond motifs is 2. The van der Waals surface area contributed by atoms with Crippen LogP contribution in [0.5, 0.6) is 0 Å². The van der Waals surface area contributed by atoms with E-state index in [2.05, 4.69) is 108 Å². The molecule has 0 N–H and O–H groups in total. The predicted octanol–water partition coefficient (Wildman–Crippen LogP) is 9.69. The lowest BCUT2D eigenvalue weighted by molar-refractivity contribution is -0.142. The van der Waals surface area contributed by atoms with Gasteiger partial charge >= 0.3 is 5.97 Å². The van der Waals surface area contributed by atoms with E-state index >= 15 is 0 Å². The first kappa shape index (κ1) is 25.3. The zero-order valence-electron chi connectivity index (χ0n) is 23.3. The highest BCUT2D eigenvalue weighted by molar-refractivity contribution is 6.33. The average Bonchev–Trinajstić information content (AvgIpc) is 2.83. The Hall–Kier alpha value is -3.39. The quantitative estimate of drug-likeness (QED) is 0.139. The Morgan fingerprint density at radius 1 is 0.757 bits per heavy atom. The molecule has 0 amide bonds. The highest BCUT2D eigenvalue weighted by Crippen LogP contribution is 2.44. The first-order valence-electron chi connectivity index (χ1n) is 13.5. The van der Waals surface area contributed by atoms with Crippen LogP contribution in [0.25, 0.3) is 49.2 Å². The Morgan fingerprint density at radius 3 is 1.95 bits per heavy atom. The van der Waals surface area contributed by atoms with Crippen LogP contribution in [0.1, 0.15) is 78.0 Å². The Morgan fingerprint density at radius 2 is 1.35 bits per heavy atom. The summed E-state index contributed by atoms with van der Waals surface area (Å²) in [7, 11) is 0. The van der Waals surface area contributed by atoms with Gasteiger partial charge in [0.1, 0.15) is 0 Å². The summed E-state index contributed by atoms with van der Waals surface area (Å²) in [6, 6.07) is 20.9. The Labute approximate surface area is 220 Å². The van der Waals surface area contributed by atoms with Gasteiger partial charge in [0.2, 0.25) is 0 Å². The van der Waals surface area contributed by atoms with Gasteiger partial charge in [-0.1, -0.05) is 96.2 Å². The second kappa shape index (κ2) is 9.17. The van der Waals surface area contributed by atoms with Crippen LogP contribution in [-0.2, 0) is 20.4 Å². The fourth-order valence-corrected chi connectivity index (χ4v) is 5.47. The summed E-state index contributed by atoms with van der Waals surface area (Å²) >= 11 is 0. The number of carbonyl (C=O) groups is 1. The van der Waals surface area contributed by atoms with E-state index in [-0.39, 0.29) is 16.8 Å². The second-order valence-electron chi connectivity index (χ2n) is 12.3. The predicted molar refractivity (Wildman–Crippen MR) is 160 cm³/mol. The minimum atomic E-state index is -0.141. The molecular weight excluding hydrogens is 452 g/mol. The van der Waals surface area contributed by atoms with Crippen LogP contribution < -0.4 is 0 Å². The van der Waals surface area contributed by atoms with Gasteiger partial charge in [-0.3, -0.25) is 4.79 Å². The molecule has 0 unspecified atom stereocenters. The van der Waals surface area contributed by atoms with E-state index in [4.69, 9.17) is 4.74 Å². The van der Waals surface area contributed by atoms with Crippen molar-refractivity contribution in [2.24, 2.45) is 0 Å². The van der Waals surface area contributed by atoms with E-state index in [0.29, 0.717) is 19.4 Å². The van der Waals surface area contributed by atoms with Crippen molar-refractivity contribution < 1.29 is 9.53 Å². The van der Waals surface area contributed by atoms with Crippen molar-refractivity contribution >= 4 is 55.1 Å². The van der Waals surface area contributed by atoms with Crippen molar-refractivity contribution in [3.05, 3.63) is 77.4 Å². The fourth-order valence-electron chi connectivity index (χ4n) is 5.47. The molecule has 0 aliphatic carbocycles. The number of esters is 1. The molecular formula is C35H38O2. The van der Waals surface area contributed by atoms with Crippen LogP contribution in [0.3, 0.4) is 0 Å². The zero-order valence-corrected chi connectivity index (χ0v) is 23.3. The molecule has 0 atom stereocenters. The van der Waals surface area contributed by atoms with Crippen LogP contribution in [0.15, 0.2) is 60.7 Å². The lowest BCUT2D eigenvalue weighted by Gasteiger charge is -2.25. The van der Waals surface area contributed by atoms with Gasteiger partial charge in [0.05, 0.1) is 6.61 Å². The molecule has 190 valence electrons. The Balaban J connectivity index is 1.80. The van der Waals surface area contributed by atoms with E-state index < -0.39 is 0 Å². The van der Waals surface area contributed by atoms with Crippen molar-refractivity contribution in [1.29, 1.82) is 0 Å². The molecule has 0 saturated heterocycles. The minimum Gasteiger partial charge on any atom is -0.466 e. The molecule has 2 nitrogen and oxygen atoms in total. The summed E-state index contributed by atoms with van der Waals surface area (Å²) in [5.41, 5.74) is 4.02. The Bertz CT molecular complexity index is 1590. The van der Waals surface area contributed by atoms with Gasteiger partial charge in [-0.25, -0.2) is 0 Å². The van der Waals surface area contributed by atoms with E-state index in [1.165, 1.54) is 59.8 Å². The molecule has 0 saturated carbocycles. The van der Waals surface area contributed by atoms with Gasteiger partial charge in [0.15, 0.2) is 0 Å². The molecule has 0 bridgehead atoms. The number of hydrogen-bond acceptors (Lipinski definition) is 2. The maximum atomic E-state index is 11.7. The van der Waals surface area contributed by atoms with Crippen molar-refractivity contribution in [1.82, 2.24) is 0 Å². The number of allylic oxidation sites excluding steroid dienone is 1. The molecule has 5 rings (SSSR count). The third kappa shape index (κ3) is 4.59. The first-order chi connectivity index (χ1) is 17.5. The van der Waals surface area contributed by atoms with Crippen LogP contribution in [0.4, 0.5) is 0 Å². The van der Waals surface area contributed by atoms with Crippen LogP contribution in [0, 0.1) is 0 Å². The maximum Gasteiger partial charge on any atom is 0.306 e. The smallest absolute Gasteiger partial charge is 0.306 e. The molecule has 0 aliphatic heterocycles. The monoisotopic (exact) mass is 490 g/mol. The molecule has 37 heavy (non-hydrogen) atoms. The molecule has 0 fully saturated rings. The van der Waals surface area contributed by atoms with E-state index in [1.54, 1.807) is 0 Å². The standard InChI is InChI=1S/C35H38O2/c1-8-37-31(36)15-10-9-12-22-16-17-28-30-21-25(35(5,6)7)19-23-18-24(34(2,3)4)20-29(32(23)30)27-14-11-13-26(22)33(27)28/h9,11-14,16-21H,8,10,15H2,1-7H3/b12-9+. The van der Waals surface area contributed by atoms with E-state index in [9.17, 15) is 4.79 Å². The van der Waals surface area contributed by atoms with Crippen LogP contribution >= 0.6 is 0 Å².